The number of nitrogens with one attached hydrogen (secondary N) is 1. The summed E-state index contributed by atoms with van der Waals surface area (Å²) < 4.78 is 10.5. The van der Waals surface area contributed by atoms with E-state index in [2.05, 4.69) is 15.3 Å². The number of hydrogen-bond acceptors (Lipinski definition) is 5. The lowest BCUT2D eigenvalue weighted by atomic mass is 10.00. The molecule has 1 N–H and O–H groups in total. The van der Waals surface area contributed by atoms with Gasteiger partial charge in [-0.1, -0.05) is 0 Å². The zero-order chi connectivity index (χ0) is 17.4. The second-order valence-electron chi connectivity index (χ2n) is 6.28. The van der Waals surface area contributed by atoms with Crippen LogP contribution in [0.25, 0.3) is 0 Å². The van der Waals surface area contributed by atoms with Gasteiger partial charge in [-0.25, -0.2) is 14.8 Å². The molecule has 2 unspecified atom stereocenters. The topological polar surface area (TPSA) is 76.6 Å². The van der Waals surface area contributed by atoms with Crippen molar-refractivity contribution in [1.29, 1.82) is 0 Å². The van der Waals surface area contributed by atoms with Crippen molar-refractivity contribution >= 4 is 11.7 Å². The molecule has 2 atom stereocenters. The van der Waals surface area contributed by atoms with Crippen LogP contribution in [0.1, 0.15) is 30.1 Å². The molecule has 25 heavy (non-hydrogen) atoms. The molecule has 1 saturated heterocycles. The molecule has 2 aliphatic heterocycles. The molecule has 0 spiro atoms. The standard InChI is InChI=1S/C18H20N4O3/c1-24-16-6-3-11(7-17(16)25-2)21-18(23)22-12-4-5-15(22)13-9-19-10-20-14(13)8-12/h3,6-7,9-10,12,15H,4-5,8H2,1-2H3,(H,21,23). The van der Waals surface area contributed by atoms with Crippen LogP contribution in [0.2, 0.25) is 0 Å². The summed E-state index contributed by atoms with van der Waals surface area (Å²) in [6, 6.07) is 5.49. The van der Waals surface area contributed by atoms with E-state index in [4.69, 9.17) is 9.47 Å². The van der Waals surface area contributed by atoms with Crippen LogP contribution in [-0.4, -0.2) is 41.2 Å². The van der Waals surface area contributed by atoms with E-state index >= 15 is 0 Å². The number of aromatic nitrogens is 2. The number of nitrogens with zero attached hydrogens (tertiary/aromatic N) is 3. The molecule has 1 fully saturated rings. The number of methoxy groups -OCH3 is 2. The quantitative estimate of drug-likeness (QED) is 0.930. The van der Waals surface area contributed by atoms with Crippen molar-refractivity contribution < 1.29 is 14.3 Å². The van der Waals surface area contributed by atoms with E-state index in [9.17, 15) is 4.79 Å². The number of amides is 2. The molecule has 2 amide bonds. The van der Waals surface area contributed by atoms with Crippen molar-refractivity contribution in [3.63, 3.8) is 0 Å². The molecule has 7 heteroatoms. The van der Waals surface area contributed by atoms with Crippen molar-refractivity contribution in [3.05, 3.63) is 42.0 Å². The minimum absolute atomic E-state index is 0.0510. The Bertz CT molecular complexity index is 811. The van der Waals surface area contributed by atoms with Gasteiger partial charge in [0.1, 0.15) is 6.33 Å². The van der Waals surface area contributed by atoms with Crippen LogP contribution in [0.4, 0.5) is 10.5 Å². The first kappa shape index (κ1) is 15.7. The maximum Gasteiger partial charge on any atom is 0.322 e. The molecule has 4 rings (SSSR count). The second-order valence-corrected chi connectivity index (χ2v) is 6.28. The number of urea groups is 1. The lowest BCUT2D eigenvalue weighted by Gasteiger charge is -2.35. The van der Waals surface area contributed by atoms with E-state index in [1.54, 1.807) is 32.7 Å². The van der Waals surface area contributed by atoms with Gasteiger partial charge in [0.2, 0.25) is 0 Å². The zero-order valence-electron chi connectivity index (χ0n) is 14.2. The summed E-state index contributed by atoms with van der Waals surface area (Å²) in [5.41, 5.74) is 2.81. The molecule has 2 aromatic rings. The van der Waals surface area contributed by atoms with Gasteiger partial charge in [-0.05, 0) is 25.0 Å². The molecule has 1 aromatic heterocycles. The van der Waals surface area contributed by atoms with Crippen LogP contribution < -0.4 is 14.8 Å². The monoisotopic (exact) mass is 340 g/mol. The molecule has 1 aromatic carbocycles. The molecular formula is C18H20N4O3. The molecular weight excluding hydrogens is 320 g/mol. The van der Waals surface area contributed by atoms with Crippen molar-refractivity contribution in [3.8, 4) is 11.5 Å². The fourth-order valence-electron chi connectivity index (χ4n) is 3.84. The van der Waals surface area contributed by atoms with Gasteiger partial charge in [0, 0.05) is 36.0 Å². The maximum atomic E-state index is 12.9. The first-order valence-corrected chi connectivity index (χ1v) is 8.31. The Morgan fingerprint density at radius 2 is 2.08 bits per heavy atom. The average Bonchev–Trinajstić information content (AvgIpc) is 2.96. The van der Waals surface area contributed by atoms with Crippen LogP contribution >= 0.6 is 0 Å². The largest absolute Gasteiger partial charge is 0.493 e. The van der Waals surface area contributed by atoms with Gasteiger partial charge in [-0.15, -0.1) is 0 Å². The number of ether oxygens (including phenoxy) is 2. The maximum absolute atomic E-state index is 12.9. The van der Waals surface area contributed by atoms with Crippen molar-refractivity contribution in [1.82, 2.24) is 14.9 Å². The van der Waals surface area contributed by atoms with Crippen molar-refractivity contribution in [2.45, 2.75) is 31.3 Å². The van der Waals surface area contributed by atoms with Gasteiger partial charge >= 0.3 is 6.03 Å². The van der Waals surface area contributed by atoms with E-state index in [1.807, 2.05) is 17.2 Å². The summed E-state index contributed by atoms with van der Waals surface area (Å²) in [6.07, 6.45) is 6.14. The number of rotatable bonds is 3. The summed E-state index contributed by atoms with van der Waals surface area (Å²) in [5.74, 6) is 1.21. The van der Waals surface area contributed by atoms with E-state index in [-0.39, 0.29) is 18.1 Å². The highest BCUT2D eigenvalue weighted by Gasteiger charge is 2.43. The molecule has 0 saturated carbocycles. The third kappa shape index (κ3) is 2.65. The number of fused-ring (bicyclic) bond motifs is 4. The van der Waals surface area contributed by atoms with E-state index in [0.29, 0.717) is 17.2 Å². The van der Waals surface area contributed by atoms with Crippen LogP contribution in [0.5, 0.6) is 11.5 Å². The highest BCUT2D eigenvalue weighted by molar-refractivity contribution is 5.90. The van der Waals surface area contributed by atoms with Crippen LogP contribution in [0, 0.1) is 0 Å². The van der Waals surface area contributed by atoms with Gasteiger partial charge in [0.25, 0.3) is 0 Å². The predicted octanol–water partition coefficient (Wildman–Crippen LogP) is 2.79. The molecule has 7 nitrogen and oxygen atoms in total. The summed E-state index contributed by atoms with van der Waals surface area (Å²) in [6.45, 7) is 0. The molecule has 3 heterocycles. The van der Waals surface area contributed by atoms with Crippen LogP contribution in [-0.2, 0) is 6.42 Å². The third-order valence-corrected chi connectivity index (χ3v) is 4.99. The molecule has 2 bridgehead atoms. The van der Waals surface area contributed by atoms with E-state index in [1.165, 1.54) is 0 Å². The number of hydrogen-bond donors (Lipinski definition) is 1. The summed E-state index contributed by atoms with van der Waals surface area (Å²) in [4.78, 5) is 23.3. The number of benzene rings is 1. The van der Waals surface area contributed by atoms with Crippen LogP contribution in [0.3, 0.4) is 0 Å². The highest BCUT2D eigenvalue weighted by atomic mass is 16.5. The normalized spacial score (nSPS) is 20.8. The van der Waals surface area contributed by atoms with E-state index < -0.39 is 0 Å². The van der Waals surface area contributed by atoms with Crippen molar-refractivity contribution in [2.24, 2.45) is 0 Å². The lowest BCUT2D eigenvalue weighted by Crippen LogP contribution is -2.44. The van der Waals surface area contributed by atoms with Gasteiger partial charge in [-0.2, -0.15) is 0 Å². The Morgan fingerprint density at radius 1 is 1.24 bits per heavy atom. The first-order valence-electron chi connectivity index (χ1n) is 8.31. The lowest BCUT2D eigenvalue weighted by molar-refractivity contribution is 0.178. The summed E-state index contributed by atoms with van der Waals surface area (Å²) in [7, 11) is 3.16. The third-order valence-electron chi connectivity index (χ3n) is 4.99. The van der Waals surface area contributed by atoms with E-state index in [0.717, 1.165) is 30.5 Å². The minimum atomic E-state index is -0.103. The fourth-order valence-corrected chi connectivity index (χ4v) is 3.84. The Kier molecular flexibility index (Phi) is 3.91. The number of carbonyl (C=O) groups is 1. The fraction of sp³-hybridized carbons (Fsp3) is 0.389. The number of carbonyl (C=O) groups excluding carboxylic acids is 1. The van der Waals surface area contributed by atoms with Gasteiger partial charge in [0.15, 0.2) is 11.5 Å². The second kappa shape index (κ2) is 6.23. The van der Waals surface area contributed by atoms with Crippen molar-refractivity contribution in [2.75, 3.05) is 19.5 Å². The Balaban J connectivity index is 1.56. The SMILES string of the molecule is COc1ccc(NC(=O)N2C3CCC2c2cncnc2C3)cc1OC. The zero-order valence-corrected chi connectivity index (χ0v) is 14.2. The minimum Gasteiger partial charge on any atom is -0.493 e. The highest BCUT2D eigenvalue weighted by Crippen LogP contribution is 2.43. The molecule has 0 radical (unpaired) electrons. The smallest absolute Gasteiger partial charge is 0.322 e. The Labute approximate surface area is 146 Å². The van der Waals surface area contributed by atoms with Crippen LogP contribution in [0.15, 0.2) is 30.7 Å². The molecule has 2 aliphatic rings. The molecule has 0 aliphatic carbocycles. The Hall–Kier alpha value is -2.83. The summed E-state index contributed by atoms with van der Waals surface area (Å²) >= 11 is 0. The molecule has 130 valence electrons. The van der Waals surface area contributed by atoms with Gasteiger partial charge in [0.05, 0.1) is 26.0 Å². The Morgan fingerprint density at radius 3 is 2.88 bits per heavy atom. The average molecular weight is 340 g/mol. The first-order chi connectivity index (χ1) is 12.2. The van der Waals surface area contributed by atoms with Gasteiger partial charge < -0.3 is 19.7 Å². The summed E-state index contributed by atoms with van der Waals surface area (Å²) in [5, 5.41) is 2.98. The number of anilines is 1. The van der Waals surface area contributed by atoms with Gasteiger partial charge in [-0.3, -0.25) is 0 Å². The predicted molar refractivity (Wildman–Crippen MR) is 91.9 cm³/mol.